The molecule has 0 spiro atoms. The van der Waals surface area contributed by atoms with Gasteiger partial charge in [-0.2, -0.15) is 0 Å². The highest BCUT2D eigenvalue weighted by molar-refractivity contribution is 7.22. The van der Waals surface area contributed by atoms with Crippen molar-refractivity contribution in [1.82, 2.24) is 0 Å². The minimum Gasteiger partial charge on any atom is -0.507 e. The average molecular weight is 210 g/mol. The lowest BCUT2D eigenvalue weighted by molar-refractivity contribution is -0.380. The minimum absolute atomic E-state index is 0.0125. The van der Waals surface area contributed by atoms with Crippen molar-refractivity contribution in [2.24, 2.45) is 0 Å². The van der Waals surface area contributed by atoms with Crippen LogP contribution in [0, 0.1) is 10.1 Å². The topological polar surface area (TPSA) is 89.4 Å². The van der Waals surface area contributed by atoms with Crippen molar-refractivity contribution in [3.05, 3.63) is 28.3 Å². The number of phenols is 1. The molecule has 1 aromatic carbocycles. The second kappa shape index (κ2) is 2.85. The molecule has 0 saturated heterocycles. The van der Waals surface area contributed by atoms with Gasteiger partial charge in [-0.1, -0.05) is 11.3 Å². The summed E-state index contributed by atoms with van der Waals surface area (Å²) in [5.41, 5.74) is 6.06. The zero-order valence-electron chi connectivity index (χ0n) is 6.93. The molecule has 0 atom stereocenters. The molecule has 0 aliphatic rings. The smallest absolute Gasteiger partial charge is 0.325 e. The van der Waals surface area contributed by atoms with Crippen molar-refractivity contribution < 1.29 is 10.0 Å². The fourth-order valence-electron chi connectivity index (χ4n) is 1.21. The number of fused-ring (bicyclic) bond motifs is 1. The van der Waals surface area contributed by atoms with E-state index in [9.17, 15) is 15.2 Å². The Kier molecular flexibility index (Phi) is 1.78. The van der Waals surface area contributed by atoms with E-state index in [0.29, 0.717) is 15.8 Å². The lowest BCUT2D eigenvalue weighted by atomic mass is 10.2. The van der Waals surface area contributed by atoms with E-state index in [1.54, 1.807) is 0 Å². The van der Waals surface area contributed by atoms with Crippen LogP contribution < -0.4 is 5.73 Å². The van der Waals surface area contributed by atoms with Crippen molar-refractivity contribution in [1.29, 1.82) is 0 Å². The monoisotopic (exact) mass is 210 g/mol. The Morgan fingerprint density at radius 1 is 1.50 bits per heavy atom. The highest BCUT2D eigenvalue weighted by atomic mass is 32.1. The lowest BCUT2D eigenvalue weighted by Gasteiger charge is -1.96. The maximum atomic E-state index is 10.5. The Balaban J connectivity index is 2.82. The van der Waals surface area contributed by atoms with E-state index in [0.717, 1.165) is 11.3 Å². The number of nitrogen functional groups attached to an aromatic ring is 1. The maximum Gasteiger partial charge on any atom is 0.325 e. The van der Waals surface area contributed by atoms with Gasteiger partial charge in [0.15, 0.2) is 0 Å². The summed E-state index contributed by atoms with van der Waals surface area (Å²) in [6.45, 7) is 0. The fourth-order valence-corrected chi connectivity index (χ4v) is 2.13. The third kappa shape index (κ3) is 1.16. The molecule has 0 radical (unpaired) electrons. The first kappa shape index (κ1) is 8.76. The molecule has 0 aliphatic heterocycles. The number of rotatable bonds is 1. The van der Waals surface area contributed by atoms with Crippen molar-refractivity contribution in [3.63, 3.8) is 0 Å². The summed E-state index contributed by atoms with van der Waals surface area (Å²) in [4.78, 5) is 9.99. The van der Waals surface area contributed by atoms with E-state index in [1.807, 2.05) is 0 Å². The van der Waals surface area contributed by atoms with Gasteiger partial charge in [-0.25, -0.2) is 0 Å². The molecule has 72 valence electrons. The molecule has 0 bridgehead atoms. The standard InChI is InChI=1S/C8H6N2O3S/c9-5-1-2-6(11)4-3-7(10(12)13)14-8(4)5/h1-3,11H,9H2. The third-order valence-corrected chi connectivity index (χ3v) is 2.99. The number of phenolic OH excluding ortho intramolecular Hbond substituents is 1. The van der Waals surface area contributed by atoms with Crippen LogP contribution in [0.5, 0.6) is 5.75 Å². The van der Waals surface area contributed by atoms with E-state index >= 15 is 0 Å². The second-order valence-electron chi connectivity index (χ2n) is 2.76. The van der Waals surface area contributed by atoms with Gasteiger partial charge in [-0.05, 0) is 12.1 Å². The van der Waals surface area contributed by atoms with Crippen LogP contribution in [0.1, 0.15) is 0 Å². The van der Waals surface area contributed by atoms with Gasteiger partial charge in [-0.15, -0.1) is 0 Å². The molecule has 0 unspecified atom stereocenters. The highest BCUT2D eigenvalue weighted by Gasteiger charge is 2.15. The summed E-state index contributed by atoms with van der Waals surface area (Å²) in [5, 5.41) is 20.3. The van der Waals surface area contributed by atoms with Crippen molar-refractivity contribution >= 4 is 32.1 Å². The number of nitrogens with two attached hydrogens (primary N) is 1. The Bertz CT molecular complexity index is 482. The summed E-state index contributed by atoms with van der Waals surface area (Å²) in [6.07, 6.45) is 0. The van der Waals surface area contributed by atoms with Crippen LogP contribution >= 0.6 is 11.3 Å². The lowest BCUT2D eigenvalue weighted by Crippen LogP contribution is -1.82. The Hall–Kier alpha value is -1.82. The molecule has 0 aliphatic carbocycles. The number of nitro groups is 1. The van der Waals surface area contributed by atoms with Crippen LogP contribution in [0.3, 0.4) is 0 Å². The molecule has 5 nitrogen and oxygen atoms in total. The molecule has 0 amide bonds. The van der Waals surface area contributed by atoms with Gasteiger partial charge in [0.2, 0.25) is 0 Å². The van der Waals surface area contributed by atoms with Crippen molar-refractivity contribution in [3.8, 4) is 5.75 Å². The number of anilines is 1. The molecule has 0 saturated carbocycles. The summed E-state index contributed by atoms with van der Waals surface area (Å²) in [7, 11) is 0. The van der Waals surface area contributed by atoms with E-state index in [-0.39, 0.29) is 10.8 Å². The number of nitrogens with zero attached hydrogens (tertiary/aromatic N) is 1. The van der Waals surface area contributed by atoms with E-state index < -0.39 is 4.92 Å². The highest BCUT2D eigenvalue weighted by Crippen LogP contribution is 2.39. The van der Waals surface area contributed by atoms with E-state index in [4.69, 9.17) is 5.73 Å². The quantitative estimate of drug-likeness (QED) is 0.326. The molecule has 1 heterocycles. The number of aromatic hydroxyl groups is 1. The molecule has 3 N–H and O–H groups in total. The predicted octanol–water partition coefficient (Wildman–Crippen LogP) is 2.10. The van der Waals surface area contributed by atoms with Crippen LogP contribution in [0.25, 0.3) is 10.1 Å². The SMILES string of the molecule is Nc1ccc(O)c2cc([N+](=O)[O-])sc12. The Morgan fingerprint density at radius 3 is 2.79 bits per heavy atom. The van der Waals surface area contributed by atoms with Gasteiger partial charge in [0.25, 0.3) is 0 Å². The molecule has 14 heavy (non-hydrogen) atoms. The first-order chi connectivity index (χ1) is 6.59. The first-order valence-electron chi connectivity index (χ1n) is 3.75. The van der Waals surface area contributed by atoms with E-state index in [1.165, 1.54) is 18.2 Å². The van der Waals surface area contributed by atoms with Crippen LogP contribution in [0.15, 0.2) is 18.2 Å². The zero-order chi connectivity index (χ0) is 10.3. The first-order valence-corrected chi connectivity index (χ1v) is 4.56. The fraction of sp³-hybridized carbons (Fsp3) is 0. The zero-order valence-corrected chi connectivity index (χ0v) is 7.75. The number of thiophene rings is 1. The van der Waals surface area contributed by atoms with Crippen LogP contribution in [-0.2, 0) is 0 Å². The van der Waals surface area contributed by atoms with Crippen LogP contribution in [-0.4, -0.2) is 10.0 Å². The summed E-state index contributed by atoms with van der Waals surface area (Å²) in [5.74, 6) is 0.0125. The van der Waals surface area contributed by atoms with Crippen molar-refractivity contribution in [2.75, 3.05) is 5.73 Å². The second-order valence-corrected chi connectivity index (χ2v) is 3.79. The third-order valence-electron chi connectivity index (χ3n) is 1.86. The van der Waals surface area contributed by atoms with Gasteiger partial charge in [0.05, 0.1) is 15.3 Å². The van der Waals surface area contributed by atoms with Gasteiger partial charge in [0, 0.05) is 11.5 Å². The average Bonchev–Trinajstić information content (AvgIpc) is 2.57. The largest absolute Gasteiger partial charge is 0.507 e. The maximum absolute atomic E-state index is 10.5. The summed E-state index contributed by atoms with van der Waals surface area (Å²) >= 11 is 0.962. The molecule has 1 aromatic heterocycles. The van der Waals surface area contributed by atoms with Gasteiger partial charge in [-0.3, -0.25) is 10.1 Å². The normalized spacial score (nSPS) is 10.6. The molecule has 6 heteroatoms. The molecule has 2 aromatic rings. The van der Waals surface area contributed by atoms with Gasteiger partial charge in [0.1, 0.15) is 5.75 Å². The van der Waals surface area contributed by atoms with E-state index in [2.05, 4.69) is 0 Å². The Labute approximate surface area is 82.5 Å². The minimum atomic E-state index is -0.496. The van der Waals surface area contributed by atoms with Crippen LogP contribution in [0.2, 0.25) is 0 Å². The van der Waals surface area contributed by atoms with Crippen LogP contribution in [0.4, 0.5) is 10.7 Å². The van der Waals surface area contributed by atoms with Crippen molar-refractivity contribution in [2.45, 2.75) is 0 Å². The number of hydrogen-bond acceptors (Lipinski definition) is 5. The molecular weight excluding hydrogens is 204 g/mol. The predicted molar refractivity (Wildman–Crippen MR) is 54.6 cm³/mol. The molecular formula is C8H6N2O3S. The summed E-state index contributed by atoms with van der Waals surface area (Å²) in [6, 6.07) is 4.28. The number of hydrogen-bond donors (Lipinski definition) is 2. The van der Waals surface area contributed by atoms with Gasteiger partial charge >= 0.3 is 5.00 Å². The Morgan fingerprint density at radius 2 is 2.21 bits per heavy atom. The molecule has 2 rings (SSSR count). The van der Waals surface area contributed by atoms with Gasteiger partial charge < -0.3 is 10.8 Å². The summed E-state index contributed by atoms with van der Waals surface area (Å²) < 4.78 is 0.552. The number of benzene rings is 1. The molecule has 0 fully saturated rings.